The predicted molar refractivity (Wildman–Crippen MR) is 57.4 cm³/mol. The Hall–Kier alpha value is -1.40. The summed E-state index contributed by atoms with van der Waals surface area (Å²) >= 11 is 0. The molecule has 0 aromatic carbocycles. The van der Waals surface area contributed by atoms with E-state index >= 15 is 0 Å². The Morgan fingerprint density at radius 3 is 2.94 bits per heavy atom. The van der Waals surface area contributed by atoms with Crippen molar-refractivity contribution in [2.24, 2.45) is 5.73 Å². The number of likely N-dealkylation sites (tertiary alicyclic amines) is 1. The van der Waals surface area contributed by atoms with Gasteiger partial charge in [0.05, 0.1) is 6.54 Å². The smallest absolute Gasteiger partial charge is 0.290 e. The van der Waals surface area contributed by atoms with Crippen molar-refractivity contribution in [3.8, 4) is 0 Å². The van der Waals surface area contributed by atoms with Crippen LogP contribution in [0.3, 0.4) is 0 Å². The van der Waals surface area contributed by atoms with Crippen LogP contribution in [0.25, 0.3) is 0 Å². The molecule has 0 saturated carbocycles. The molecule has 2 rings (SSSR count). The fourth-order valence-electron chi connectivity index (χ4n) is 1.88. The summed E-state index contributed by atoms with van der Waals surface area (Å²) in [7, 11) is 0. The zero-order chi connectivity index (χ0) is 11.7. The van der Waals surface area contributed by atoms with E-state index in [1.165, 1.54) is 6.07 Å². The van der Waals surface area contributed by atoms with Crippen molar-refractivity contribution in [3.05, 3.63) is 22.2 Å². The molecule has 1 saturated heterocycles. The molecule has 0 spiro atoms. The van der Waals surface area contributed by atoms with Crippen molar-refractivity contribution in [3.63, 3.8) is 0 Å². The van der Waals surface area contributed by atoms with E-state index in [-0.39, 0.29) is 18.5 Å². The minimum absolute atomic E-state index is 0.128. The number of aryl methyl sites for hydroxylation is 1. The highest BCUT2D eigenvalue weighted by Crippen LogP contribution is 2.06. The van der Waals surface area contributed by atoms with Gasteiger partial charge in [-0.3, -0.25) is 14.5 Å². The number of carbonyl (C=O) groups excluding carboxylic acids is 1. The number of rotatable bonds is 2. The van der Waals surface area contributed by atoms with E-state index in [9.17, 15) is 9.59 Å². The van der Waals surface area contributed by atoms with Crippen molar-refractivity contribution >= 4 is 5.91 Å². The number of nitrogens with zero attached hydrogens (tertiary/aromatic N) is 2. The van der Waals surface area contributed by atoms with E-state index in [0.29, 0.717) is 12.3 Å². The molecule has 0 aliphatic carbocycles. The molecule has 1 aromatic rings. The van der Waals surface area contributed by atoms with Crippen LogP contribution >= 0.6 is 0 Å². The number of hydrogen-bond donors (Lipinski definition) is 1. The average Bonchev–Trinajstić information content (AvgIpc) is 2.73. The summed E-state index contributed by atoms with van der Waals surface area (Å²) in [5.41, 5.74) is 5.32. The summed E-state index contributed by atoms with van der Waals surface area (Å²) in [4.78, 5) is 25.0. The molecule has 6 nitrogen and oxygen atoms in total. The molecule has 6 heteroatoms. The third-order valence-corrected chi connectivity index (χ3v) is 2.66. The predicted octanol–water partition coefficient (Wildman–Crippen LogP) is -0.577. The lowest BCUT2D eigenvalue weighted by molar-refractivity contribution is 0.0729. The Morgan fingerprint density at radius 1 is 1.69 bits per heavy atom. The topological polar surface area (TPSA) is 81.5 Å². The van der Waals surface area contributed by atoms with E-state index in [2.05, 4.69) is 0 Å². The first-order valence-electron chi connectivity index (χ1n) is 5.27. The Kier molecular flexibility index (Phi) is 2.93. The first-order chi connectivity index (χ1) is 7.56. The maximum Gasteiger partial charge on any atom is 0.290 e. The lowest BCUT2D eigenvalue weighted by Gasteiger charge is -2.12. The van der Waals surface area contributed by atoms with Crippen molar-refractivity contribution in [1.82, 2.24) is 9.64 Å². The highest BCUT2D eigenvalue weighted by molar-refractivity contribution is 5.79. The summed E-state index contributed by atoms with van der Waals surface area (Å²) in [5, 5.41) is 0. The van der Waals surface area contributed by atoms with Crippen LogP contribution < -0.4 is 11.3 Å². The molecular formula is C10H15N3O3. The minimum atomic E-state index is -0.411. The molecule has 1 fully saturated rings. The van der Waals surface area contributed by atoms with Gasteiger partial charge in [0.25, 0.3) is 11.5 Å². The second kappa shape index (κ2) is 4.23. The van der Waals surface area contributed by atoms with Crippen LogP contribution in [0.4, 0.5) is 0 Å². The molecule has 0 amide bonds. The van der Waals surface area contributed by atoms with Gasteiger partial charge in [-0.15, -0.1) is 4.74 Å². The van der Waals surface area contributed by atoms with Gasteiger partial charge in [0, 0.05) is 25.2 Å². The molecule has 2 heterocycles. The summed E-state index contributed by atoms with van der Waals surface area (Å²) in [5.74, 6) is 0.101. The second-order valence-electron chi connectivity index (χ2n) is 4.16. The lowest BCUT2D eigenvalue weighted by Crippen LogP contribution is -2.35. The quantitative estimate of drug-likeness (QED) is 0.728. The summed E-state index contributed by atoms with van der Waals surface area (Å²) in [6.45, 7) is 3.30. The molecule has 0 radical (unpaired) electrons. The molecule has 16 heavy (non-hydrogen) atoms. The zero-order valence-corrected chi connectivity index (χ0v) is 9.18. The molecule has 88 valence electrons. The third kappa shape index (κ3) is 2.23. The lowest BCUT2D eigenvalue weighted by atomic mass is 10.3. The average molecular weight is 225 g/mol. The van der Waals surface area contributed by atoms with Gasteiger partial charge in [-0.1, -0.05) is 0 Å². The molecule has 2 N–H and O–H groups in total. The number of carbonyl (C=O) groups is 1. The third-order valence-electron chi connectivity index (χ3n) is 2.66. The van der Waals surface area contributed by atoms with Crippen molar-refractivity contribution in [2.45, 2.75) is 19.4 Å². The monoisotopic (exact) mass is 225 g/mol. The van der Waals surface area contributed by atoms with E-state index in [1.807, 2.05) is 4.90 Å². The van der Waals surface area contributed by atoms with Gasteiger partial charge in [-0.25, -0.2) is 0 Å². The first-order valence-corrected chi connectivity index (χ1v) is 5.27. The van der Waals surface area contributed by atoms with Gasteiger partial charge in [0.1, 0.15) is 5.76 Å². The molecule has 1 unspecified atom stereocenters. The number of hydrogen-bond acceptors (Lipinski definition) is 5. The molecule has 1 atom stereocenters. The molecule has 1 aromatic heterocycles. The van der Waals surface area contributed by atoms with Crippen molar-refractivity contribution in [2.75, 3.05) is 19.6 Å². The van der Waals surface area contributed by atoms with Gasteiger partial charge in [-0.05, 0) is 13.3 Å². The minimum Gasteiger partial charge on any atom is -0.373 e. The maximum absolute atomic E-state index is 11.7. The molecule has 1 aliphatic rings. The van der Waals surface area contributed by atoms with Crippen LogP contribution in [0.15, 0.2) is 15.4 Å². The van der Waals surface area contributed by atoms with E-state index in [1.54, 1.807) is 6.92 Å². The number of nitrogens with two attached hydrogens (primary N) is 1. The summed E-state index contributed by atoms with van der Waals surface area (Å²) < 4.78 is 5.81. The zero-order valence-electron chi connectivity index (χ0n) is 9.18. The van der Waals surface area contributed by atoms with Crippen LogP contribution in [-0.2, 0) is 0 Å². The molecule has 0 bridgehead atoms. The van der Waals surface area contributed by atoms with Crippen molar-refractivity contribution in [1.29, 1.82) is 0 Å². The van der Waals surface area contributed by atoms with Gasteiger partial charge in [0.15, 0.2) is 0 Å². The van der Waals surface area contributed by atoms with Crippen LogP contribution in [0.2, 0.25) is 0 Å². The van der Waals surface area contributed by atoms with Crippen molar-refractivity contribution < 1.29 is 9.32 Å². The highest BCUT2D eigenvalue weighted by atomic mass is 16.5. The van der Waals surface area contributed by atoms with E-state index < -0.39 is 5.56 Å². The largest absolute Gasteiger partial charge is 0.373 e. The molecular weight excluding hydrogens is 210 g/mol. The van der Waals surface area contributed by atoms with Crippen LogP contribution in [0.5, 0.6) is 0 Å². The Labute approximate surface area is 92.6 Å². The summed E-state index contributed by atoms with van der Waals surface area (Å²) in [6, 6.07) is 1.43. The second-order valence-corrected chi connectivity index (χ2v) is 4.16. The number of aromatic nitrogens is 1. The normalized spacial score (nSPS) is 21.5. The molecule has 1 aliphatic heterocycles. The van der Waals surface area contributed by atoms with Gasteiger partial charge >= 0.3 is 0 Å². The van der Waals surface area contributed by atoms with E-state index in [4.69, 9.17) is 10.3 Å². The van der Waals surface area contributed by atoms with Crippen LogP contribution in [0.1, 0.15) is 17.0 Å². The SMILES string of the molecule is Cc1cc(=O)n(C(=O)CN2CCC(N)C2)o1. The summed E-state index contributed by atoms with van der Waals surface area (Å²) in [6.07, 6.45) is 0.888. The Balaban J connectivity index is 2.03. The fourth-order valence-corrected chi connectivity index (χ4v) is 1.88. The standard InChI is InChI=1S/C10H15N3O3/c1-7-4-9(14)13(16-7)10(15)6-12-3-2-8(11)5-12/h4,8H,2-3,5-6,11H2,1H3. The first kappa shape index (κ1) is 11.1. The van der Waals surface area contributed by atoms with Crippen LogP contribution in [0, 0.1) is 6.92 Å². The van der Waals surface area contributed by atoms with Crippen LogP contribution in [-0.4, -0.2) is 41.2 Å². The highest BCUT2D eigenvalue weighted by Gasteiger charge is 2.23. The fraction of sp³-hybridized carbons (Fsp3) is 0.600. The van der Waals surface area contributed by atoms with Gasteiger partial charge in [0.2, 0.25) is 0 Å². The Morgan fingerprint density at radius 2 is 2.44 bits per heavy atom. The van der Waals surface area contributed by atoms with E-state index in [0.717, 1.165) is 17.7 Å². The van der Waals surface area contributed by atoms with Gasteiger partial charge < -0.3 is 10.3 Å². The van der Waals surface area contributed by atoms with Gasteiger partial charge in [-0.2, -0.15) is 0 Å². The Bertz CT molecular complexity index is 448. The maximum atomic E-state index is 11.7.